The molecule has 0 saturated carbocycles. The molecule has 0 spiro atoms. The highest BCUT2D eigenvalue weighted by Gasteiger charge is 2.28. The van der Waals surface area contributed by atoms with E-state index < -0.39 is 5.97 Å². The molecule has 6 heteroatoms. The number of aryl methyl sites for hydroxylation is 1. The molecule has 16 heavy (non-hydrogen) atoms. The van der Waals surface area contributed by atoms with Crippen LogP contribution in [0, 0.1) is 12.8 Å². The highest BCUT2D eigenvalue weighted by atomic mass is 35.5. The molecule has 0 aliphatic carbocycles. The molecule has 0 amide bonds. The maximum atomic E-state index is 10.8. The first kappa shape index (κ1) is 11.1. The normalized spacial score (nSPS) is 20.1. The first-order valence-corrected chi connectivity index (χ1v) is 5.43. The number of hydrogen-bond acceptors (Lipinski definition) is 4. The first-order chi connectivity index (χ1) is 7.56. The van der Waals surface area contributed by atoms with Crippen LogP contribution >= 0.6 is 11.6 Å². The van der Waals surface area contributed by atoms with Crippen molar-refractivity contribution in [1.82, 2.24) is 9.97 Å². The van der Waals surface area contributed by atoms with E-state index in [1.54, 1.807) is 13.0 Å². The molecule has 1 aromatic rings. The van der Waals surface area contributed by atoms with E-state index in [9.17, 15) is 4.79 Å². The number of aromatic nitrogens is 2. The SMILES string of the molecule is Cc1nc(Cl)cc(N2CC[C@H](C(=O)O)C2)n1. The van der Waals surface area contributed by atoms with Gasteiger partial charge in [-0.3, -0.25) is 4.79 Å². The van der Waals surface area contributed by atoms with E-state index in [1.165, 1.54) is 0 Å². The monoisotopic (exact) mass is 241 g/mol. The Labute approximate surface area is 98.1 Å². The number of hydrogen-bond donors (Lipinski definition) is 1. The molecule has 0 bridgehead atoms. The molecule has 2 rings (SSSR count). The van der Waals surface area contributed by atoms with Gasteiger partial charge >= 0.3 is 5.97 Å². The summed E-state index contributed by atoms with van der Waals surface area (Å²) in [6, 6.07) is 1.67. The Morgan fingerprint density at radius 1 is 1.62 bits per heavy atom. The van der Waals surface area contributed by atoms with E-state index >= 15 is 0 Å². The quantitative estimate of drug-likeness (QED) is 0.792. The summed E-state index contributed by atoms with van der Waals surface area (Å²) >= 11 is 5.83. The Kier molecular flexibility index (Phi) is 2.96. The van der Waals surface area contributed by atoms with E-state index in [-0.39, 0.29) is 5.92 Å². The summed E-state index contributed by atoms with van der Waals surface area (Å²) in [6.45, 7) is 2.95. The van der Waals surface area contributed by atoms with Gasteiger partial charge in [0.25, 0.3) is 0 Å². The van der Waals surface area contributed by atoms with Gasteiger partial charge in [-0.2, -0.15) is 0 Å². The number of rotatable bonds is 2. The summed E-state index contributed by atoms with van der Waals surface area (Å²) in [5.74, 6) is 0.246. The zero-order valence-corrected chi connectivity index (χ0v) is 9.61. The zero-order valence-electron chi connectivity index (χ0n) is 8.85. The van der Waals surface area contributed by atoms with Gasteiger partial charge in [-0.05, 0) is 13.3 Å². The molecule has 1 fully saturated rings. The molecular weight excluding hydrogens is 230 g/mol. The minimum Gasteiger partial charge on any atom is -0.481 e. The molecule has 0 radical (unpaired) electrons. The summed E-state index contributed by atoms with van der Waals surface area (Å²) in [4.78, 5) is 21.0. The van der Waals surface area contributed by atoms with Crippen LogP contribution in [-0.2, 0) is 4.79 Å². The Balaban J connectivity index is 2.17. The van der Waals surface area contributed by atoms with Crippen molar-refractivity contribution < 1.29 is 9.90 Å². The molecule has 5 nitrogen and oxygen atoms in total. The minimum atomic E-state index is -0.751. The second-order valence-corrected chi connectivity index (χ2v) is 4.25. The highest BCUT2D eigenvalue weighted by Crippen LogP contribution is 2.23. The Hall–Kier alpha value is -1.36. The molecule has 1 aliphatic heterocycles. The second-order valence-electron chi connectivity index (χ2n) is 3.87. The molecule has 86 valence electrons. The zero-order chi connectivity index (χ0) is 11.7. The summed E-state index contributed by atoms with van der Waals surface area (Å²) in [5, 5.41) is 9.29. The van der Waals surface area contributed by atoms with Gasteiger partial charge in [0.1, 0.15) is 16.8 Å². The van der Waals surface area contributed by atoms with E-state index in [4.69, 9.17) is 16.7 Å². The van der Waals surface area contributed by atoms with E-state index in [2.05, 4.69) is 9.97 Å². The Bertz CT molecular complexity index is 404. The fraction of sp³-hybridized carbons (Fsp3) is 0.500. The number of carboxylic acid groups (broad SMARTS) is 1. The van der Waals surface area contributed by atoms with Crippen molar-refractivity contribution >= 4 is 23.4 Å². The lowest BCUT2D eigenvalue weighted by atomic mass is 10.1. The predicted octanol–water partition coefficient (Wildman–Crippen LogP) is 1.35. The third-order valence-electron chi connectivity index (χ3n) is 2.65. The fourth-order valence-corrected chi connectivity index (χ4v) is 2.07. The van der Waals surface area contributed by atoms with E-state index in [1.807, 2.05) is 4.90 Å². The number of nitrogens with zero attached hydrogens (tertiary/aromatic N) is 3. The van der Waals surface area contributed by atoms with Gasteiger partial charge in [0.2, 0.25) is 0 Å². The summed E-state index contributed by atoms with van der Waals surface area (Å²) in [5.41, 5.74) is 0. The Morgan fingerprint density at radius 3 is 2.94 bits per heavy atom. The average Bonchev–Trinajstić information content (AvgIpc) is 2.64. The molecule has 1 saturated heterocycles. The van der Waals surface area contributed by atoms with Crippen molar-refractivity contribution in [2.24, 2.45) is 5.92 Å². The third-order valence-corrected chi connectivity index (χ3v) is 2.85. The van der Waals surface area contributed by atoms with Crippen LogP contribution in [0.15, 0.2) is 6.07 Å². The van der Waals surface area contributed by atoms with Gasteiger partial charge < -0.3 is 10.0 Å². The number of carbonyl (C=O) groups is 1. The van der Waals surface area contributed by atoms with E-state index in [0.717, 1.165) is 0 Å². The maximum Gasteiger partial charge on any atom is 0.308 e. The van der Waals surface area contributed by atoms with Gasteiger partial charge in [-0.1, -0.05) is 11.6 Å². The van der Waals surface area contributed by atoms with Crippen molar-refractivity contribution in [1.29, 1.82) is 0 Å². The molecule has 1 atom stereocenters. The maximum absolute atomic E-state index is 10.8. The fourth-order valence-electron chi connectivity index (χ4n) is 1.85. The lowest BCUT2D eigenvalue weighted by Crippen LogP contribution is -2.23. The van der Waals surface area contributed by atoms with Gasteiger partial charge in [0.05, 0.1) is 5.92 Å². The van der Waals surface area contributed by atoms with Crippen LogP contribution in [0.1, 0.15) is 12.2 Å². The number of anilines is 1. The predicted molar refractivity (Wildman–Crippen MR) is 59.7 cm³/mol. The number of aliphatic carboxylic acids is 1. The van der Waals surface area contributed by atoms with Crippen molar-refractivity contribution in [2.75, 3.05) is 18.0 Å². The van der Waals surface area contributed by atoms with Crippen LogP contribution in [0.25, 0.3) is 0 Å². The van der Waals surface area contributed by atoms with Gasteiger partial charge in [0, 0.05) is 19.2 Å². The highest BCUT2D eigenvalue weighted by molar-refractivity contribution is 6.29. The molecular formula is C10H12ClN3O2. The van der Waals surface area contributed by atoms with Crippen molar-refractivity contribution in [3.8, 4) is 0 Å². The first-order valence-electron chi connectivity index (χ1n) is 5.05. The van der Waals surface area contributed by atoms with Gasteiger partial charge in [-0.15, -0.1) is 0 Å². The topological polar surface area (TPSA) is 66.3 Å². The van der Waals surface area contributed by atoms with Crippen LogP contribution in [0.4, 0.5) is 5.82 Å². The summed E-state index contributed by atoms with van der Waals surface area (Å²) < 4.78 is 0. The second kappa shape index (κ2) is 4.25. The molecule has 1 N–H and O–H groups in total. The van der Waals surface area contributed by atoms with Gasteiger partial charge in [-0.25, -0.2) is 9.97 Å². The lowest BCUT2D eigenvalue weighted by Gasteiger charge is -2.17. The Morgan fingerprint density at radius 2 is 2.38 bits per heavy atom. The van der Waals surface area contributed by atoms with Crippen LogP contribution in [0.5, 0.6) is 0 Å². The average molecular weight is 242 g/mol. The van der Waals surface area contributed by atoms with Crippen molar-refractivity contribution in [2.45, 2.75) is 13.3 Å². The van der Waals surface area contributed by atoms with E-state index in [0.29, 0.717) is 36.3 Å². The largest absolute Gasteiger partial charge is 0.481 e. The molecule has 0 unspecified atom stereocenters. The van der Waals surface area contributed by atoms with Crippen molar-refractivity contribution in [3.05, 3.63) is 17.0 Å². The van der Waals surface area contributed by atoms with Gasteiger partial charge in [0.15, 0.2) is 0 Å². The third kappa shape index (κ3) is 2.24. The standard InChI is InChI=1S/C10H12ClN3O2/c1-6-12-8(11)4-9(13-6)14-3-2-7(5-14)10(15)16/h4,7H,2-3,5H2,1H3,(H,15,16)/t7-/m0/s1. The lowest BCUT2D eigenvalue weighted by molar-refractivity contribution is -0.140. The number of halogens is 1. The van der Waals surface area contributed by atoms with Crippen molar-refractivity contribution in [3.63, 3.8) is 0 Å². The molecule has 2 heterocycles. The molecule has 0 aromatic carbocycles. The minimum absolute atomic E-state index is 0.311. The summed E-state index contributed by atoms with van der Waals surface area (Å²) in [6.07, 6.45) is 0.649. The smallest absolute Gasteiger partial charge is 0.308 e. The number of carboxylic acids is 1. The van der Waals surface area contributed by atoms with Crippen LogP contribution in [0.3, 0.4) is 0 Å². The van der Waals surface area contributed by atoms with Crippen LogP contribution in [0.2, 0.25) is 5.15 Å². The molecule has 1 aliphatic rings. The van der Waals surface area contributed by atoms with Crippen LogP contribution < -0.4 is 4.90 Å². The summed E-state index contributed by atoms with van der Waals surface area (Å²) in [7, 11) is 0. The molecule has 1 aromatic heterocycles. The van der Waals surface area contributed by atoms with Crippen LogP contribution in [-0.4, -0.2) is 34.1 Å².